The van der Waals surface area contributed by atoms with Crippen LogP contribution in [0.4, 0.5) is 0 Å². The number of guanidine groups is 1. The molecule has 1 heterocycles. The van der Waals surface area contributed by atoms with E-state index in [1.807, 2.05) is 0 Å². The third kappa shape index (κ3) is 6.21. The molecule has 0 atom stereocenters. The lowest BCUT2D eigenvalue weighted by Gasteiger charge is -2.33. The fraction of sp³-hybridized carbons (Fsp3) is 0.833. The lowest BCUT2D eigenvalue weighted by molar-refractivity contribution is -0.146. The number of carbonyl (C=O) groups is 2. The Morgan fingerprint density at radius 3 is 2.40 bits per heavy atom. The Balaban J connectivity index is 1.66. The molecule has 7 heteroatoms. The molecule has 142 valence electrons. The summed E-state index contributed by atoms with van der Waals surface area (Å²) in [5.74, 6) is 0.774. The quantitative estimate of drug-likeness (QED) is 0.442. The van der Waals surface area contributed by atoms with E-state index in [1.165, 1.54) is 26.4 Å². The maximum atomic E-state index is 12.1. The minimum atomic E-state index is -0.123. The monoisotopic (exact) mass is 352 g/mol. The van der Waals surface area contributed by atoms with Crippen LogP contribution in [0.2, 0.25) is 0 Å². The highest BCUT2D eigenvalue weighted by molar-refractivity contribution is 5.82. The number of methoxy groups -OCH3 is 1. The van der Waals surface area contributed by atoms with E-state index < -0.39 is 0 Å². The number of hydrogen-bond acceptors (Lipinski definition) is 4. The van der Waals surface area contributed by atoms with Crippen molar-refractivity contribution in [3.05, 3.63) is 0 Å². The van der Waals surface area contributed by atoms with Crippen molar-refractivity contribution in [3.8, 4) is 0 Å². The first kappa shape index (κ1) is 19.5. The second-order valence-corrected chi connectivity index (χ2v) is 6.91. The molecule has 1 aliphatic carbocycles. The zero-order valence-electron chi connectivity index (χ0n) is 15.6. The zero-order chi connectivity index (χ0) is 18.1. The van der Waals surface area contributed by atoms with Crippen LogP contribution in [0.3, 0.4) is 0 Å². The lowest BCUT2D eigenvalue weighted by atomic mass is 9.95. The first-order valence-electron chi connectivity index (χ1n) is 9.46. The summed E-state index contributed by atoms with van der Waals surface area (Å²) < 4.78 is 4.82. The summed E-state index contributed by atoms with van der Waals surface area (Å²) >= 11 is 0. The third-order valence-electron chi connectivity index (χ3n) is 5.15. The number of rotatable bonds is 5. The molecule has 1 aliphatic heterocycles. The predicted octanol–water partition coefficient (Wildman–Crippen LogP) is 1.29. The number of ether oxygens (including phenoxy) is 1. The van der Waals surface area contributed by atoms with Crippen molar-refractivity contribution in [1.29, 1.82) is 0 Å². The average molecular weight is 352 g/mol. The minimum Gasteiger partial charge on any atom is -0.469 e. The van der Waals surface area contributed by atoms with E-state index in [0.717, 1.165) is 44.7 Å². The van der Waals surface area contributed by atoms with Gasteiger partial charge in [-0.15, -0.1) is 0 Å². The molecule has 0 aromatic carbocycles. The van der Waals surface area contributed by atoms with Gasteiger partial charge in [0, 0.05) is 39.1 Å². The molecule has 1 saturated carbocycles. The number of likely N-dealkylation sites (tertiary alicyclic amines) is 1. The van der Waals surface area contributed by atoms with Gasteiger partial charge in [0.15, 0.2) is 5.96 Å². The van der Waals surface area contributed by atoms with Crippen LogP contribution in [0.5, 0.6) is 0 Å². The van der Waals surface area contributed by atoms with Crippen LogP contribution in [0.25, 0.3) is 0 Å². The van der Waals surface area contributed by atoms with Gasteiger partial charge in [0.2, 0.25) is 5.91 Å². The Morgan fingerprint density at radius 2 is 1.80 bits per heavy atom. The van der Waals surface area contributed by atoms with Gasteiger partial charge < -0.3 is 20.3 Å². The summed E-state index contributed by atoms with van der Waals surface area (Å²) in [5.41, 5.74) is 0. The van der Waals surface area contributed by atoms with E-state index >= 15 is 0 Å². The van der Waals surface area contributed by atoms with Gasteiger partial charge in [-0.2, -0.15) is 0 Å². The molecule has 0 bridgehead atoms. The van der Waals surface area contributed by atoms with E-state index in [0.29, 0.717) is 19.0 Å². The molecule has 2 rings (SSSR count). The van der Waals surface area contributed by atoms with Crippen molar-refractivity contribution in [2.75, 3.05) is 33.8 Å². The molecule has 2 aliphatic rings. The van der Waals surface area contributed by atoms with Crippen LogP contribution in [0, 0.1) is 5.92 Å². The van der Waals surface area contributed by atoms with Crippen LogP contribution in [-0.2, 0) is 14.3 Å². The topological polar surface area (TPSA) is 83.0 Å². The van der Waals surface area contributed by atoms with Crippen molar-refractivity contribution in [3.63, 3.8) is 0 Å². The van der Waals surface area contributed by atoms with Gasteiger partial charge in [0.25, 0.3) is 0 Å². The lowest BCUT2D eigenvalue weighted by Crippen LogP contribution is -2.47. The maximum absolute atomic E-state index is 12.1. The number of piperidine rings is 1. The van der Waals surface area contributed by atoms with Gasteiger partial charge in [0.05, 0.1) is 13.0 Å². The van der Waals surface area contributed by atoms with E-state index in [9.17, 15) is 9.59 Å². The average Bonchev–Trinajstić information content (AvgIpc) is 2.65. The molecule has 0 aromatic rings. The van der Waals surface area contributed by atoms with Crippen LogP contribution in [0.1, 0.15) is 51.4 Å². The first-order valence-corrected chi connectivity index (χ1v) is 9.46. The van der Waals surface area contributed by atoms with Crippen LogP contribution >= 0.6 is 0 Å². The Labute approximate surface area is 150 Å². The molecular formula is C18H32N4O3. The molecule has 25 heavy (non-hydrogen) atoms. The number of nitrogens with one attached hydrogen (secondary N) is 2. The largest absolute Gasteiger partial charge is 0.469 e. The number of esters is 1. The standard InChI is InChI=1S/C18H32N4O3/c1-19-18(22-12-9-14(10-13-22)17(24)25-2)20-11-8-16(23)21-15-6-4-3-5-7-15/h14-15H,3-13H2,1-2H3,(H,19,20)(H,21,23). The van der Waals surface area contributed by atoms with Crippen molar-refractivity contribution in [1.82, 2.24) is 15.5 Å². The van der Waals surface area contributed by atoms with E-state index in [4.69, 9.17) is 4.74 Å². The molecule has 2 N–H and O–H groups in total. The minimum absolute atomic E-state index is 0.0133. The Morgan fingerprint density at radius 1 is 1.12 bits per heavy atom. The highest BCUT2D eigenvalue weighted by atomic mass is 16.5. The summed E-state index contributed by atoms with van der Waals surface area (Å²) in [5, 5.41) is 6.40. The molecule has 1 amide bonds. The molecular weight excluding hydrogens is 320 g/mol. The second-order valence-electron chi connectivity index (χ2n) is 6.91. The fourth-order valence-electron chi connectivity index (χ4n) is 3.66. The number of aliphatic imine (C=N–C) groups is 1. The van der Waals surface area contributed by atoms with E-state index in [2.05, 4.69) is 20.5 Å². The van der Waals surface area contributed by atoms with E-state index in [1.54, 1.807) is 7.05 Å². The van der Waals surface area contributed by atoms with Gasteiger partial charge in [-0.1, -0.05) is 19.3 Å². The van der Waals surface area contributed by atoms with Crippen molar-refractivity contribution in [2.45, 2.75) is 57.4 Å². The van der Waals surface area contributed by atoms with Gasteiger partial charge >= 0.3 is 5.97 Å². The molecule has 0 radical (unpaired) electrons. The highest BCUT2D eigenvalue weighted by Gasteiger charge is 2.27. The van der Waals surface area contributed by atoms with Gasteiger partial charge in [0.1, 0.15) is 0 Å². The maximum Gasteiger partial charge on any atom is 0.308 e. The number of nitrogens with zero attached hydrogens (tertiary/aromatic N) is 2. The number of hydrogen-bond donors (Lipinski definition) is 2. The van der Waals surface area contributed by atoms with E-state index in [-0.39, 0.29) is 17.8 Å². The third-order valence-corrected chi connectivity index (χ3v) is 5.15. The Bertz CT molecular complexity index is 467. The number of carbonyl (C=O) groups excluding carboxylic acids is 2. The fourth-order valence-corrected chi connectivity index (χ4v) is 3.66. The van der Waals surface area contributed by atoms with Crippen molar-refractivity contribution < 1.29 is 14.3 Å². The molecule has 2 fully saturated rings. The smallest absolute Gasteiger partial charge is 0.308 e. The van der Waals surface area contributed by atoms with Crippen molar-refractivity contribution >= 4 is 17.8 Å². The number of amides is 1. The van der Waals surface area contributed by atoms with Crippen molar-refractivity contribution in [2.24, 2.45) is 10.9 Å². The SMILES string of the molecule is CN=C(NCCC(=O)NC1CCCCC1)N1CCC(C(=O)OC)CC1. The second kappa shape index (κ2) is 10.3. The molecule has 0 unspecified atom stereocenters. The molecule has 0 spiro atoms. The summed E-state index contributed by atoms with van der Waals surface area (Å²) in [6, 6.07) is 0.359. The highest BCUT2D eigenvalue weighted by Crippen LogP contribution is 2.19. The predicted molar refractivity (Wildman–Crippen MR) is 97.3 cm³/mol. The normalized spacial score (nSPS) is 20.2. The summed E-state index contributed by atoms with van der Waals surface area (Å²) in [6.45, 7) is 2.11. The zero-order valence-corrected chi connectivity index (χ0v) is 15.6. The van der Waals surface area contributed by atoms with Crippen LogP contribution < -0.4 is 10.6 Å². The Hall–Kier alpha value is -1.79. The van der Waals surface area contributed by atoms with Gasteiger partial charge in [-0.25, -0.2) is 0 Å². The summed E-state index contributed by atoms with van der Waals surface area (Å²) in [7, 11) is 3.18. The van der Waals surface area contributed by atoms with Gasteiger partial charge in [-0.05, 0) is 25.7 Å². The molecule has 1 saturated heterocycles. The van der Waals surface area contributed by atoms with Gasteiger partial charge in [-0.3, -0.25) is 14.6 Å². The summed E-state index contributed by atoms with van der Waals surface area (Å²) in [6.07, 6.45) is 7.94. The van der Waals surface area contributed by atoms with Crippen LogP contribution in [0.15, 0.2) is 4.99 Å². The Kier molecular flexibility index (Phi) is 8.01. The molecule has 0 aromatic heterocycles. The summed E-state index contributed by atoms with van der Waals surface area (Å²) in [4.78, 5) is 30.1. The van der Waals surface area contributed by atoms with Crippen LogP contribution in [-0.4, -0.2) is 62.6 Å². The molecule has 7 nitrogen and oxygen atoms in total. The first-order chi connectivity index (χ1) is 12.1.